The van der Waals surface area contributed by atoms with Gasteiger partial charge >= 0.3 is 0 Å². The summed E-state index contributed by atoms with van der Waals surface area (Å²) in [6.07, 6.45) is 0. The predicted octanol–water partition coefficient (Wildman–Crippen LogP) is 23.1. The topological polar surface area (TPSA) is 6.48 Å². The first-order valence-corrected chi connectivity index (χ1v) is 30.9. The van der Waals surface area contributed by atoms with Crippen molar-refractivity contribution in [2.24, 2.45) is 0 Å². The number of fused-ring (bicyclic) bond motifs is 12. The SMILES string of the molecule is CC1(C)c2ccccc2-c2ccc(-c3cccc(-c4c5ccc(N6c7ccccc7Sc7ccccc76)cc5c(-c5cccc(-c6ccc7c(c6)C(C)(C)c6ccccc6-7)c5)c5ccc(N6c7ccccc7Sc7ccccc76)cc45)c3)cc21. The molecule has 0 atom stereocenters. The van der Waals surface area contributed by atoms with Gasteiger partial charge in [0.2, 0.25) is 0 Å². The Hall–Kier alpha value is -9.32. The van der Waals surface area contributed by atoms with E-state index in [9.17, 15) is 0 Å². The maximum atomic E-state index is 2.49. The molecule has 4 aliphatic rings. The first-order chi connectivity index (χ1) is 41.2. The maximum absolute atomic E-state index is 2.49. The number of nitrogens with zero attached hydrogens (tertiary/aromatic N) is 2. The van der Waals surface area contributed by atoms with Crippen LogP contribution in [-0.2, 0) is 10.8 Å². The molecule has 0 N–H and O–H groups in total. The van der Waals surface area contributed by atoms with Crippen molar-refractivity contribution < 1.29 is 0 Å². The minimum absolute atomic E-state index is 0.117. The zero-order chi connectivity index (χ0) is 56.0. The molecule has 13 aromatic rings. The molecule has 0 radical (unpaired) electrons. The molecule has 0 saturated carbocycles. The summed E-state index contributed by atoms with van der Waals surface area (Å²) in [5.74, 6) is 0. The van der Waals surface area contributed by atoms with Crippen molar-refractivity contribution in [2.75, 3.05) is 9.80 Å². The predicted molar refractivity (Wildman–Crippen MR) is 356 cm³/mol. The third kappa shape index (κ3) is 7.40. The Kier molecular flexibility index (Phi) is 10.9. The second-order valence-electron chi connectivity index (χ2n) is 24.0. The standard InChI is InChI=1S/C80H56N2S2/c1-79(2)65-25-7-5-23-57(65)59-39-35-51(45-67(59)79)49-19-17-21-53(43-49)77-61-41-37-56(82-71-29-11-15-33-75(71)84-76-34-16-12-30-72(76)82)48-64(61)78(54-22-18-20-50(44-54)52-36-40-60-58-24-6-8-26-66(58)80(3,4)68(60)46-52)62-42-38-55(47-63(62)77)81-69-27-9-13-31-73(69)83-74-32-14-10-28-70(74)81/h5-48H,1-4H3. The van der Waals surface area contributed by atoms with E-state index in [1.807, 2.05) is 23.5 Å². The zero-order valence-corrected chi connectivity index (χ0v) is 48.7. The molecule has 0 aromatic heterocycles. The first-order valence-electron chi connectivity index (χ1n) is 29.2. The molecule has 398 valence electrons. The Morgan fingerprint density at radius 2 is 0.583 bits per heavy atom. The van der Waals surface area contributed by atoms with Crippen molar-refractivity contribution in [3.05, 3.63) is 289 Å². The Balaban J connectivity index is 0.935. The van der Waals surface area contributed by atoms with Crippen molar-refractivity contribution in [1.82, 2.24) is 0 Å². The lowest BCUT2D eigenvalue weighted by Crippen LogP contribution is -2.15. The van der Waals surface area contributed by atoms with Crippen molar-refractivity contribution >= 4 is 79.2 Å². The monoisotopic (exact) mass is 1110 g/mol. The van der Waals surface area contributed by atoms with Crippen LogP contribution in [0, 0.1) is 0 Å². The molecule has 17 rings (SSSR count). The summed E-state index contributed by atoms with van der Waals surface area (Å²) in [7, 11) is 0. The zero-order valence-electron chi connectivity index (χ0n) is 47.1. The summed E-state index contributed by atoms with van der Waals surface area (Å²) in [6, 6.07) is 101. The molecule has 0 fully saturated rings. The highest BCUT2D eigenvalue weighted by atomic mass is 32.2. The molecule has 0 amide bonds. The molecule has 4 heteroatoms. The van der Waals surface area contributed by atoms with E-state index >= 15 is 0 Å². The maximum Gasteiger partial charge on any atom is 0.0601 e. The van der Waals surface area contributed by atoms with Gasteiger partial charge in [-0.25, -0.2) is 0 Å². The van der Waals surface area contributed by atoms with Crippen LogP contribution in [0.1, 0.15) is 49.9 Å². The van der Waals surface area contributed by atoms with Gasteiger partial charge in [0.05, 0.1) is 22.7 Å². The number of hydrogen-bond acceptors (Lipinski definition) is 4. The Bertz CT molecular complexity index is 4550. The van der Waals surface area contributed by atoms with E-state index in [1.165, 1.54) is 153 Å². The first kappa shape index (κ1) is 49.3. The molecular weight excluding hydrogens is 1050 g/mol. The summed E-state index contributed by atoms with van der Waals surface area (Å²) in [4.78, 5) is 9.93. The van der Waals surface area contributed by atoms with Crippen LogP contribution in [0.4, 0.5) is 34.1 Å². The molecule has 84 heavy (non-hydrogen) atoms. The lowest BCUT2D eigenvalue weighted by molar-refractivity contribution is 0.660. The fraction of sp³-hybridized carbons (Fsp3) is 0.0750. The minimum atomic E-state index is -0.117. The largest absolute Gasteiger partial charge is 0.308 e. The fourth-order valence-corrected chi connectivity index (χ4v) is 16.7. The minimum Gasteiger partial charge on any atom is -0.308 e. The van der Waals surface area contributed by atoms with Crippen LogP contribution >= 0.6 is 23.5 Å². The van der Waals surface area contributed by atoms with Gasteiger partial charge in [0.1, 0.15) is 0 Å². The van der Waals surface area contributed by atoms with Gasteiger partial charge in [-0.15, -0.1) is 0 Å². The summed E-state index contributed by atoms with van der Waals surface area (Å²) in [6.45, 7) is 9.51. The van der Waals surface area contributed by atoms with Crippen LogP contribution in [0.25, 0.3) is 88.3 Å². The number of hydrogen-bond donors (Lipinski definition) is 0. The number of anilines is 6. The smallest absolute Gasteiger partial charge is 0.0601 e. The highest BCUT2D eigenvalue weighted by molar-refractivity contribution is 8.00. The van der Waals surface area contributed by atoms with E-state index in [2.05, 4.69) is 304 Å². The van der Waals surface area contributed by atoms with Gasteiger partial charge in [0, 0.05) is 41.8 Å². The molecule has 0 unspecified atom stereocenters. The molecule has 0 bridgehead atoms. The van der Waals surface area contributed by atoms with E-state index < -0.39 is 0 Å². The molecule has 2 nitrogen and oxygen atoms in total. The van der Waals surface area contributed by atoms with Crippen LogP contribution in [-0.4, -0.2) is 0 Å². The molecule has 2 heterocycles. The Labute approximate surface area is 499 Å². The van der Waals surface area contributed by atoms with E-state index in [0.717, 1.165) is 11.4 Å². The van der Waals surface area contributed by atoms with Gasteiger partial charge in [-0.05, 0) is 208 Å². The van der Waals surface area contributed by atoms with Crippen molar-refractivity contribution in [2.45, 2.75) is 58.1 Å². The lowest BCUT2D eigenvalue weighted by atomic mass is 9.81. The number of rotatable bonds is 6. The molecular formula is C80H56N2S2. The van der Waals surface area contributed by atoms with Crippen LogP contribution in [0.2, 0.25) is 0 Å². The average Bonchev–Trinajstić information content (AvgIpc) is 3.24. The second kappa shape index (κ2) is 18.6. The van der Waals surface area contributed by atoms with Crippen LogP contribution in [0.5, 0.6) is 0 Å². The van der Waals surface area contributed by atoms with Crippen LogP contribution < -0.4 is 9.80 Å². The van der Waals surface area contributed by atoms with Gasteiger partial charge in [0.25, 0.3) is 0 Å². The molecule has 2 aliphatic carbocycles. The summed E-state index contributed by atoms with van der Waals surface area (Å²) in [5, 5.41) is 4.80. The van der Waals surface area contributed by atoms with Crippen LogP contribution in [0.15, 0.2) is 287 Å². The number of benzene rings is 13. The van der Waals surface area contributed by atoms with Crippen molar-refractivity contribution in [1.29, 1.82) is 0 Å². The fourth-order valence-electron chi connectivity index (χ4n) is 14.5. The van der Waals surface area contributed by atoms with Gasteiger partial charge in [-0.1, -0.05) is 221 Å². The summed E-state index contributed by atoms with van der Waals surface area (Å²) in [5.41, 5.74) is 27.2. The van der Waals surface area contributed by atoms with Crippen molar-refractivity contribution in [3.63, 3.8) is 0 Å². The molecule has 0 saturated heterocycles. The molecule has 0 spiro atoms. The van der Waals surface area contributed by atoms with E-state index in [1.54, 1.807) is 0 Å². The lowest BCUT2D eigenvalue weighted by Gasteiger charge is -2.34. The molecule has 2 aliphatic heterocycles. The Morgan fingerprint density at radius 3 is 0.988 bits per heavy atom. The van der Waals surface area contributed by atoms with Gasteiger partial charge in [-0.3, -0.25) is 0 Å². The Morgan fingerprint density at radius 1 is 0.250 bits per heavy atom. The highest BCUT2D eigenvalue weighted by Crippen LogP contribution is 2.57. The van der Waals surface area contributed by atoms with Gasteiger partial charge in [-0.2, -0.15) is 0 Å². The third-order valence-corrected chi connectivity index (χ3v) is 20.9. The van der Waals surface area contributed by atoms with E-state index in [-0.39, 0.29) is 10.8 Å². The highest BCUT2D eigenvalue weighted by Gasteiger charge is 2.37. The third-order valence-electron chi connectivity index (χ3n) is 18.6. The van der Waals surface area contributed by atoms with E-state index in [4.69, 9.17) is 0 Å². The molecule has 13 aromatic carbocycles. The summed E-state index contributed by atoms with van der Waals surface area (Å²) < 4.78 is 0. The normalized spacial score (nSPS) is 14.5. The summed E-state index contributed by atoms with van der Waals surface area (Å²) >= 11 is 3.70. The van der Waals surface area contributed by atoms with Crippen molar-refractivity contribution in [3.8, 4) is 66.8 Å². The van der Waals surface area contributed by atoms with Crippen LogP contribution in [0.3, 0.4) is 0 Å². The van der Waals surface area contributed by atoms with E-state index in [0.29, 0.717) is 0 Å². The number of para-hydroxylation sites is 4. The van der Waals surface area contributed by atoms with Gasteiger partial charge in [0.15, 0.2) is 0 Å². The average molecular weight is 1110 g/mol. The second-order valence-corrected chi connectivity index (χ2v) is 26.1. The van der Waals surface area contributed by atoms with Gasteiger partial charge < -0.3 is 9.80 Å². The quantitative estimate of drug-likeness (QED) is 0.153.